The van der Waals surface area contributed by atoms with E-state index in [0.717, 1.165) is 22.3 Å². The minimum Gasteiger partial charge on any atom is -0.469 e. The Labute approximate surface area is 152 Å². The summed E-state index contributed by atoms with van der Waals surface area (Å²) >= 11 is 0. The fourth-order valence-electron chi connectivity index (χ4n) is 3.34. The summed E-state index contributed by atoms with van der Waals surface area (Å²) in [4.78, 5) is 25.3. The molecule has 4 nitrogen and oxygen atoms in total. The molecule has 0 spiro atoms. The standard InChI is InChI=1S/C22H20O4/c1-25-21(23)19-17(15-9-5-3-6-10-15)13-14-18(20(19)22(24)26-2)16-11-7-4-8-12-16/h3-14,19-20H,1-2H3/t19-,20+. The molecule has 2 atom stereocenters. The molecule has 0 saturated heterocycles. The van der Waals surface area contributed by atoms with Crippen molar-refractivity contribution in [3.05, 3.63) is 83.9 Å². The van der Waals surface area contributed by atoms with Crippen LogP contribution in [0.25, 0.3) is 11.1 Å². The van der Waals surface area contributed by atoms with Crippen LogP contribution in [0, 0.1) is 11.8 Å². The topological polar surface area (TPSA) is 52.6 Å². The van der Waals surface area contributed by atoms with Crippen LogP contribution < -0.4 is 0 Å². The van der Waals surface area contributed by atoms with Crippen molar-refractivity contribution in [2.45, 2.75) is 0 Å². The molecule has 0 bridgehead atoms. The van der Waals surface area contributed by atoms with Crippen LogP contribution in [0.3, 0.4) is 0 Å². The predicted molar refractivity (Wildman–Crippen MR) is 99.9 cm³/mol. The van der Waals surface area contributed by atoms with E-state index in [0.29, 0.717) is 0 Å². The lowest BCUT2D eigenvalue weighted by atomic mass is 9.73. The van der Waals surface area contributed by atoms with E-state index in [2.05, 4.69) is 0 Å². The van der Waals surface area contributed by atoms with Crippen LogP contribution in [0.2, 0.25) is 0 Å². The van der Waals surface area contributed by atoms with Crippen LogP contribution in [0.15, 0.2) is 72.8 Å². The second-order valence-corrected chi connectivity index (χ2v) is 5.98. The molecule has 0 fully saturated rings. The highest BCUT2D eigenvalue weighted by molar-refractivity contribution is 6.02. The van der Waals surface area contributed by atoms with Crippen molar-refractivity contribution < 1.29 is 19.1 Å². The normalized spacial score (nSPS) is 19.2. The van der Waals surface area contributed by atoms with Gasteiger partial charge in [-0.2, -0.15) is 0 Å². The number of ether oxygens (including phenoxy) is 2. The Hall–Kier alpha value is -3.14. The zero-order chi connectivity index (χ0) is 18.5. The summed E-state index contributed by atoms with van der Waals surface area (Å²) in [5.74, 6) is -2.46. The number of methoxy groups -OCH3 is 2. The maximum absolute atomic E-state index is 12.7. The van der Waals surface area contributed by atoms with Crippen molar-refractivity contribution in [3.8, 4) is 0 Å². The molecule has 4 heteroatoms. The molecule has 0 radical (unpaired) electrons. The summed E-state index contributed by atoms with van der Waals surface area (Å²) in [5, 5.41) is 0. The highest BCUT2D eigenvalue weighted by Crippen LogP contribution is 2.42. The molecule has 26 heavy (non-hydrogen) atoms. The highest BCUT2D eigenvalue weighted by Gasteiger charge is 2.42. The van der Waals surface area contributed by atoms with Gasteiger partial charge < -0.3 is 9.47 Å². The van der Waals surface area contributed by atoms with Gasteiger partial charge in [-0.1, -0.05) is 72.8 Å². The number of hydrogen-bond donors (Lipinski definition) is 0. The molecule has 2 aromatic carbocycles. The summed E-state index contributed by atoms with van der Waals surface area (Å²) in [7, 11) is 2.67. The molecule has 0 aliphatic heterocycles. The minimum atomic E-state index is -0.768. The molecule has 0 unspecified atom stereocenters. The Bertz CT molecular complexity index is 777. The van der Waals surface area contributed by atoms with Gasteiger partial charge in [0.1, 0.15) is 0 Å². The third-order valence-electron chi connectivity index (χ3n) is 4.57. The number of hydrogen-bond acceptors (Lipinski definition) is 4. The molecule has 3 rings (SSSR count). The van der Waals surface area contributed by atoms with Crippen LogP contribution in [0.4, 0.5) is 0 Å². The van der Waals surface area contributed by atoms with Crippen molar-refractivity contribution >= 4 is 23.1 Å². The minimum absolute atomic E-state index is 0.461. The van der Waals surface area contributed by atoms with Crippen molar-refractivity contribution in [2.24, 2.45) is 11.8 Å². The SMILES string of the molecule is COC(=O)[C@@H]1C(c2ccccc2)=CC=C(c2ccccc2)[C@@H]1C(=O)OC. The van der Waals surface area contributed by atoms with Gasteiger partial charge in [-0.3, -0.25) is 9.59 Å². The van der Waals surface area contributed by atoms with E-state index in [1.165, 1.54) is 14.2 Å². The first-order valence-electron chi connectivity index (χ1n) is 8.35. The van der Waals surface area contributed by atoms with Gasteiger partial charge in [0, 0.05) is 0 Å². The number of rotatable bonds is 4. The van der Waals surface area contributed by atoms with Crippen molar-refractivity contribution in [1.82, 2.24) is 0 Å². The van der Waals surface area contributed by atoms with E-state index in [1.54, 1.807) is 0 Å². The van der Waals surface area contributed by atoms with Gasteiger partial charge in [0.2, 0.25) is 0 Å². The third-order valence-corrected chi connectivity index (χ3v) is 4.57. The number of allylic oxidation sites excluding steroid dienone is 2. The average molecular weight is 348 g/mol. The molecule has 132 valence electrons. The zero-order valence-electron chi connectivity index (χ0n) is 14.7. The molecule has 0 aromatic heterocycles. The Morgan fingerprint density at radius 3 is 1.31 bits per heavy atom. The number of esters is 2. The Morgan fingerprint density at radius 1 is 0.654 bits per heavy atom. The van der Waals surface area contributed by atoms with Gasteiger partial charge in [-0.25, -0.2) is 0 Å². The zero-order valence-corrected chi connectivity index (χ0v) is 14.7. The second kappa shape index (κ2) is 7.83. The van der Waals surface area contributed by atoms with E-state index >= 15 is 0 Å². The third kappa shape index (κ3) is 3.31. The fraction of sp³-hybridized carbons (Fsp3) is 0.182. The van der Waals surface area contributed by atoms with Gasteiger partial charge in [-0.05, 0) is 22.3 Å². The van der Waals surface area contributed by atoms with Gasteiger partial charge in [0.05, 0.1) is 26.1 Å². The lowest BCUT2D eigenvalue weighted by Crippen LogP contribution is -2.35. The van der Waals surface area contributed by atoms with Crippen molar-refractivity contribution in [1.29, 1.82) is 0 Å². The molecular formula is C22H20O4. The molecule has 0 heterocycles. The molecule has 1 aliphatic rings. The Morgan fingerprint density at radius 2 is 1.00 bits per heavy atom. The van der Waals surface area contributed by atoms with E-state index in [4.69, 9.17) is 9.47 Å². The molecule has 2 aromatic rings. The highest BCUT2D eigenvalue weighted by atomic mass is 16.5. The van der Waals surface area contributed by atoms with Crippen LogP contribution >= 0.6 is 0 Å². The van der Waals surface area contributed by atoms with Crippen molar-refractivity contribution in [2.75, 3.05) is 14.2 Å². The number of benzene rings is 2. The molecular weight excluding hydrogens is 328 g/mol. The molecule has 0 N–H and O–H groups in total. The first kappa shape index (κ1) is 17.7. The van der Waals surface area contributed by atoms with Crippen molar-refractivity contribution in [3.63, 3.8) is 0 Å². The Kier molecular flexibility index (Phi) is 5.32. The van der Waals surface area contributed by atoms with Crippen LogP contribution in [-0.4, -0.2) is 26.2 Å². The lowest BCUT2D eigenvalue weighted by Gasteiger charge is -2.30. The maximum Gasteiger partial charge on any atom is 0.314 e. The summed E-state index contributed by atoms with van der Waals surface area (Å²) in [6.07, 6.45) is 3.78. The number of carbonyl (C=O) groups is 2. The largest absolute Gasteiger partial charge is 0.469 e. The first-order valence-corrected chi connectivity index (χ1v) is 8.35. The van der Waals surface area contributed by atoms with Crippen LogP contribution in [-0.2, 0) is 19.1 Å². The Balaban J connectivity index is 2.18. The maximum atomic E-state index is 12.7. The second-order valence-electron chi connectivity index (χ2n) is 5.98. The van der Waals surface area contributed by atoms with Crippen LogP contribution in [0.5, 0.6) is 0 Å². The molecule has 0 saturated carbocycles. The van der Waals surface area contributed by atoms with Gasteiger partial charge in [-0.15, -0.1) is 0 Å². The fourth-order valence-corrected chi connectivity index (χ4v) is 3.34. The summed E-state index contributed by atoms with van der Waals surface area (Å²) < 4.78 is 10.1. The monoisotopic (exact) mass is 348 g/mol. The van der Waals surface area contributed by atoms with E-state index in [1.807, 2.05) is 72.8 Å². The smallest absolute Gasteiger partial charge is 0.314 e. The molecule has 0 amide bonds. The summed E-state index contributed by atoms with van der Waals surface area (Å²) in [6, 6.07) is 19.1. The summed E-state index contributed by atoms with van der Waals surface area (Å²) in [6.45, 7) is 0. The van der Waals surface area contributed by atoms with Crippen LogP contribution in [0.1, 0.15) is 11.1 Å². The van der Waals surface area contributed by atoms with E-state index in [-0.39, 0.29) is 0 Å². The van der Waals surface area contributed by atoms with Gasteiger partial charge >= 0.3 is 11.9 Å². The predicted octanol–water partition coefficient (Wildman–Crippen LogP) is 3.75. The summed E-state index contributed by atoms with van der Waals surface area (Å²) in [5.41, 5.74) is 3.24. The van der Waals surface area contributed by atoms with E-state index < -0.39 is 23.8 Å². The van der Waals surface area contributed by atoms with Gasteiger partial charge in [0.15, 0.2) is 0 Å². The first-order chi connectivity index (χ1) is 12.7. The average Bonchev–Trinajstić information content (AvgIpc) is 2.72. The quantitative estimate of drug-likeness (QED) is 0.790. The lowest BCUT2D eigenvalue weighted by molar-refractivity contribution is -0.152. The molecule has 1 aliphatic carbocycles. The number of carbonyl (C=O) groups excluding carboxylic acids is 2. The van der Waals surface area contributed by atoms with E-state index in [9.17, 15) is 9.59 Å². The van der Waals surface area contributed by atoms with Gasteiger partial charge in [0.25, 0.3) is 0 Å².